The fourth-order valence-electron chi connectivity index (χ4n) is 2.47. The van der Waals surface area contributed by atoms with Crippen molar-refractivity contribution in [3.8, 4) is 0 Å². The molecule has 1 saturated carbocycles. The Labute approximate surface area is 128 Å². The molecule has 1 aromatic rings. The van der Waals surface area contributed by atoms with E-state index in [0.717, 1.165) is 6.42 Å². The fourth-order valence-corrected chi connectivity index (χ4v) is 2.47. The highest BCUT2D eigenvalue weighted by Gasteiger charge is 2.45. The van der Waals surface area contributed by atoms with Crippen LogP contribution in [0.1, 0.15) is 39.0 Å². The van der Waals surface area contributed by atoms with Crippen molar-refractivity contribution in [2.75, 3.05) is 10.6 Å². The minimum absolute atomic E-state index is 0.00332. The molecule has 1 fully saturated rings. The van der Waals surface area contributed by atoms with Gasteiger partial charge >= 0.3 is 5.97 Å². The van der Waals surface area contributed by atoms with E-state index >= 15 is 0 Å². The summed E-state index contributed by atoms with van der Waals surface area (Å²) in [5, 5.41) is 14.6. The Balaban J connectivity index is 1.92. The molecule has 3 N–H and O–H groups in total. The maximum atomic E-state index is 12.0. The number of aliphatic carboxylic acids is 1. The van der Waals surface area contributed by atoms with Gasteiger partial charge in [-0.25, -0.2) is 0 Å². The van der Waals surface area contributed by atoms with Crippen molar-refractivity contribution in [2.45, 2.75) is 39.0 Å². The van der Waals surface area contributed by atoms with Gasteiger partial charge in [-0.15, -0.1) is 0 Å². The van der Waals surface area contributed by atoms with Crippen LogP contribution < -0.4 is 10.6 Å². The van der Waals surface area contributed by atoms with Gasteiger partial charge in [-0.2, -0.15) is 0 Å². The standard InChI is InChI=1S/C16H20N2O4/c1-2-13(19)17-11-4-6-12(7-5-11)18-14(20)10-16(15(21)22)8-3-9-16/h4-7H,2-3,8-10H2,1H3,(H,17,19)(H,18,20)(H,21,22). The van der Waals surface area contributed by atoms with Crippen molar-refractivity contribution in [1.29, 1.82) is 0 Å². The first kappa shape index (κ1) is 16.0. The zero-order valence-electron chi connectivity index (χ0n) is 12.5. The SMILES string of the molecule is CCC(=O)Nc1ccc(NC(=O)CC2(C(=O)O)CCC2)cc1. The van der Waals surface area contributed by atoms with E-state index in [1.165, 1.54) is 0 Å². The number of rotatable bonds is 6. The van der Waals surface area contributed by atoms with E-state index in [9.17, 15) is 19.5 Å². The van der Waals surface area contributed by atoms with Crippen LogP contribution >= 0.6 is 0 Å². The van der Waals surface area contributed by atoms with Gasteiger partial charge in [0.25, 0.3) is 0 Å². The Kier molecular flexibility index (Phi) is 4.80. The van der Waals surface area contributed by atoms with Crippen LogP contribution in [0.15, 0.2) is 24.3 Å². The summed E-state index contributed by atoms with van der Waals surface area (Å²) in [5.41, 5.74) is 0.351. The van der Waals surface area contributed by atoms with Crippen molar-refractivity contribution in [2.24, 2.45) is 5.41 Å². The second-order valence-corrected chi connectivity index (χ2v) is 5.64. The largest absolute Gasteiger partial charge is 0.481 e. The molecular formula is C16H20N2O4. The third-order valence-corrected chi connectivity index (χ3v) is 4.04. The molecule has 0 saturated heterocycles. The summed E-state index contributed by atoms with van der Waals surface area (Å²) in [6, 6.07) is 6.74. The number of anilines is 2. The first-order valence-corrected chi connectivity index (χ1v) is 7.38. The third kappa shape index (κ3) is 3.63. The quantitative estimate of drug-likeness (QED) is 0.752. The Bertz CT molecular complexity index is 576. The lowest BCUT2D eigenvalue weighted by Crippen LogP contribution is -2.41. The predicted octanol–water partition coefficient (Wildman–Crippen LogP) is 2.62. The molecule has 118 valence electrons. The average Bonchev–Trinajstić information content (AvgIpc) is 2.44. The Morgan fingerprint density at radius 2 is 1.55 bits per heavy atom. The number of amides is 2. The zero-order chi connectivity index (χ0) is 16.2. The van der Waals surface area contributed by atoms with Gasteiger partial charge in [-0.1, -0.05) is 13.3 Å². The van der Waals surface area contributed by atoms with Crippen molar-refractivity contribution in [1.82, 2.24) is 0 Å². The lowest BCUT2D eigenvalue weighted by Gasteiger charge is -2.36. The van der Waals surface area contributed by atoms with Gasteiger partial charge in [0.1, 0.15) is 0 Å². The van der Waals surface area contributed by atoms with Crippen LogP contribution in [0.25, 0.3) is 0 Å². The molecule has 22 heavy (non-hydrogen) atoms. The molecule has 1 aromatic carbocycles. The highest BCUT2D eigenvalue weighted by Crippen LogP contribution is 2.44. The fraction of sp³-hybridized carbons (Fsp3) is 0.438. The summed E-state index contributed by atoms with van der Waals surface area (Å²) in [6.07, 6.45) is 2.35. The molecule has 0 spiro atoms. The summed E-state index contributed by atoms with van der Waals surface area (Å²) in [6.45, 7) is 1.77. The number of hydrogen-bond donors (Lipinski definition) is 3. The number of nitrogens with one attached hydrogen (secondary N) is 2. The van der Waals surface area contributed by atoms with Gasteiger partial charge in [-0.3, -0.25) is 14.4 Å². The summed E-state index contributed by atoms with van der Waals surface area (Å²) < 4.78 is 0. The molecule has 2 amide bonds. The molecule has 0 heterocycles. The zero-order valence-corrected chi connectivity index (χ0v) is 12.5. The average molecular weight is 304 g/mol. The molecule has 1 aliphatic rings. The van der Waals surface area contributed by atoms with Gasteiger partial charge in [0, 0.05) is 24.2 Å². The smallest absolute Gasteiger partial charge is 0.310 e. The minimum Gasteiger partial charge on any atom is -0.481 e. The Morgan fingerprint density at radius 1 is 1.05 bits per heavy atom. The van der Waals surface area contributed by atoms with Gasteiger partial charge in [0.2, 0.25) is 11.8 Å². The Hall–Kier alpha value is -2.37. The van der Waals surface area contributed by atoms with Crippen LogP contribution in [0.3, 0.4) is 0 Å². The van der Waals surface area contributed by atoms with Crippen molar-refractivity contribution < 1.29 is 19.5 Å². The molecule has 0 bridgehead atoms. The van der Waals surface area contributed by atoms with Gasteiger partial charge in [0.15, 0.2) is 0 Å². The third-order valence-electron chi connectivity index (χ3n) is 4.04. The van der Waals surface area contributed by atoms with Crippen LogP contribution in [0.5, 0.6) is 0 Å². The summed E-state index contributed by atoms with van der Waals surface area (Å²) >= 11 is 0. The molecule has 0 radical (unpaired) electrons. The molecule has 0 aromatic heterocycles. The number of carbonyl (C=O) groups is 3. The second kappa shape index (κ2) is 6.60. The van der Waals surface area contributed by atoms with Crippen LogP contribution in [0.4, 0.5) is 11.4 Å². The van der Waals surface area contributed by atoms with Crippen LogP contribution in [-0.2, 0) is 14.4 Å². The van der Waals surface area contributed by atoms with E-state index in [-0.39, 0.29) is 18.2 Å². The van der Waals surface area contributed by atoms with E-state index in [1.54, 1.807) is 31.2 Å². The lowest BCUT2D eigenvalue weighted by molar-refractivity contribution is -0.157. The summed E-state index contributed by atoms with van der Waals surface area (Å²) in [4.78, 5) is 34.5. The number of hydrogen-bond acceptors (Lipinski definition) is 3. The predicted molar refractivity (Wildman–Crippen MR) is 82.5 cm³/mol. The highest BCUT2D eigenvalue weighted by molar-refractivity contribution is 5.95. The van der Waals surface area contributed by atoms with Crippen LogP contribution in [-0.4, -0.2) is 22.9 Å². The first-order valence-electron chi connectivity index (χ1n) is 7.38. The van der Waals surface area contributed by atoms with E-state index in [2.05, 4.69) is 10.6 Å². The molecule has 0 atom stereocenters. The Morgan fingerprint density at radius 3 is 1.91 bits per heavy atom. The maximum Gasteiger partial charge on any atom is 0.310 e. The second-order valence-electron chi connectivity index (χ2n) is 5.64. The molecule has 0 unspecified atom stereocenters. The summed E-state index contributed by atoms with van der Waals surface area (Å²) in [5.74, 6) is -1.27. The number of carboxylic acids is 1. The number of carboxylic acid groups (broad SMARTS) is 1. The normalized spacial score (nSPS) is 15.5. The monoisotopic (exact) mass is 304 g/mol. The van der Waals surface area contributed by atoms with Crippen LogP contribution in [0, 0.1) is 5.41 Å². The molecular weight excluding hydrogens is 284 g/mol. The molecule has 1 aliphatic carbocycles. The molecule has 0 aliphatic heterocycles. The van der Waals surface area contributed by atoms with Gasteiger partial charge in [-0.05, 0) is 37.1 Å². The number of benzene rings is 1. The highest BCUT2D eigenvalue weighted by atomic mass is 16.4. The van der Waals surface area contributed by atoms with E-state index in [4.69, 9.17) is 0 Å². The van der Waals surface area contributed by atoms with Crippen molar-refractivity contribution in [3.05, 3.63) is 24.3 Å². The van der Waals surface area contributed by atoms with Gasteiger partial charge in [0.05, 0.1) is 5.41 Å². The molecule has 6 nitrogen and oxygen atoms in total. The van der Waals surface area contributed by atoms with E-state index in [0.29, 0.717) is 30.6 Å². The van der Waals surface area contributed by atoms with Crippen molar-refractivity contribution in [3.63, 3.8) is 0 Å². The molecule has 2 rings (SSSR count). The minimum atomic E-state index is -0.897. The van der Waals surface area contributed by atoms with E-state index < -0.39 is 11.4 Å². The number of carbonyl (C=O) groups excluding carboxylic acids is 2. The molecule has 6 heteroatoms. The van der Waals surface area contributed by atoms with Gasteiger partial charge < -0.3 is 15.7 Å². The lowest BCUT2D eigenvalue weighted by atomic mass is 9.66. The maximum absolute atomic E-state index is 12.0. The van der Waals surface area contributed by atoms with E-state index in [1.807, 2.05) is 0 Å². The summed E-state index contributed by atoms with van der Waals surface area (Å²) in [7, 11) is 0. The van der Waals surface area contributed by atoms with Crippen LogP contribution in [0.2, 0.25) is 0 Å². The topological polar surface area (TPSA) is 95.5 Å². The van der Waals surface area contributed by atoms with Crippen molar-refractivity contribution >= 4 is 29.2 Å². The first-order chi connectivity index (χ1) is 10.4.